The Bertz CT molecular complexity index is 364. The minimum Gasteiger partial charge on any atom is -0.462 e. The highest BCUT2D eigenvalue weighted by molar-refractivity contribution is 5.74. The molecule has 1 aromatic rings. The number of benzene rings is 1. The van der Waals surface area contributed by atoms with Gasteiger partial charge in [0, 0.05) is 7.11 Å². The van der Waals surface area contributed by atoms with Crippen molar-refractivity contribution in [1.29, 1.82) is 0 Å². The lowest BCUT2D eigenvalue weighted by molar-refractivity contribution is 0.111. The van der Waals surface area contributed by atoms with Crippen molar-refractivity contribution >= 4 is 6.02 Å². The van der Waals surface area contributed by atoms with Crippen LogP contribution in [0.5, 0.6) is 0 Å². The van der Waals surface area contributed by atoms with E-state index in [0.29, 0.717) is 13.2 Å². The van der Waals surface area contributed by atoms with Crippen LogP contribution >= 0.6 is 0 Å². The normalized spacial score (nSPS) is 24.7. The summed E-state index contributed by atoms with van der Waals surface area (Å²) in [6.07, 6.45) is 0. The number of aliphatic imine (C=N–C) groups is 1. The SMILES string of the molecule is COCC1(c2ccccc2)COC(N)=N1. The minimum atomic E-state index is -0.472. The second-order valence-corrected chi connectivity index (χ2v) is 3.57. The van der Waals surface area contributed by atoms with Crippen molar-refractivity contribution in [2.45, 2.75) is 5.54 Å². The molecular weight excluding hydrogens is 192 g/mol. The molecule has 1 unspecified atom stereocenters. The third kappa shape index (κ3) is 1.80. The van der Waals surface area contributed by atoms with Crippen molar-refractivity contribution in [2.75, 3.05) is 20.3 Å². The maximum Gasteiger partial charge on any atom is 0.283 e. The van der Waals surface area contributed by atoms with E-state index in [4.69, 9.17) is 15.2 Å². The average molecular weight is 206 g/mol. The van der Waals surface area contributed by atoms with E-state index < -0.39 is 5.54 Å². The molecule has 1 aliphatic heterocycles. The smallest absolute Gasteiger partial charge is 0.283 e. The van der Waals surface area contributed by atoms with E-state index in [2.05, 4.69) is 4.99 Å². The summed E-state index contributed by atoms with van der Waals surface area (Å²) in [5, 5.41) is 0. The first kappa shape index (κ1) is 9.98. The lowest BCUT2D eigenvalue weighted by Gasteiger charge is -2.23. The minimum absolute atomic E-state index is 0.232. The van der Waals surface area contributed by atoms with Crippen LogP contribution in [0.15, 0.2) is 35.3 Å². The zero-order chi connectivity index (χ0) is 10.7. The molecule has 0 aromatic heterocycles. The van der Waals surface area contributed by atoms with Gasteiger partial charge in [-0.25, -0.2) is 4.99 Å². The summed E-state index contributed by atoms with van der Waals surface area (Å²) in [5.41, 5.74) is 6.14. The molecule has 0 radical (unpaired) electrons. The monoisotopic (exact) mass is 206 g/mol. The number of nitrogens with zero attached hydrogens (tertiary/aromatic N) is 1. The van der Waals surface area contributed by atoms with E-state index in [1.807, 2.05) is 30.3 Å². The Balaban J connectivity index is 2.36. The fraction of sp³-hybridized carbons (Fsp3) is 0.364. The molecule has 2 rings (SSSR count). The van der Waals surface area contributed by atoms with Crippen LogP contribution in [0.1, 0.15) is 5.56 Å². The van der Waals surface area contributed by atoms with Gasteiger partial charge in [-0.3, -0.25) is 0 Å². The highest BCUT2D eigenvalue weighted by atomic mass is 16.5. The van der Waals surface area contributed by atoms with Gasteiger partial charge in [-0.1, -0.05) is 30.3 Å². The predicted molar refractivity (Wildman–Crippen MR) is 57.6 cm³/mol. The second kappa shape index (κ2) is 3.90. The number of hydrogen-bond donors (Lipinski definition) is 1. The highest BCUT2D eigenvalue weighted by Gasteiger charge is 2.37. The predicted octanol–water partition coefficient (Wildman–Crippen LogP) is 0.873. The first-order valence-electron chi connectivity index (χ1n) is 4.79. The van der Waals surface area contributed by atoms with Crippen LogP contribution in [-0.2, 0) is 15.0 Å². The summed E-state index contributed by atoms with van der Waals surface area (Å²) in [6, 6.07) is 10.1. The molecule has 4 heteroatoms. The number of amidine groups is 1. The maximum absolute atomic E-state index is 5.55. The molecule has 0 spiro atoms. The largest absolute Gasteiger partial charge is 0.462 e. The Morgan fingerprint density at radius 2 is 2.20 bits per heavy atom. The van der Waals surface area contributed by atoms with Crippen molar-refractivity contribution in [3.8, 4) is 0 Å². The fourth-order valence-electron chi connectivity index (χ4n) is 1.76. The number of hydrogen-bond acceptors (Lipinski definition) is 4. The Kier molecular flexibility index (Phi) is 2.60. The highest BCUT2D eigenvalue weighted by Crippen LogP contribution is 2.30. The Labute approximate surface area is 88.7 Å². The zero-order valence-corrected chi connectivity index (χ0v) is 8.64. The molecule has 1 heterocycles. The van der Waals surface area contributed by atoms with Crippen LogP contribution in [0, 0.1) is 0 Å². The average Bonchev–Trinajstić information content (AvgIpc) is 2.63. The van der Waals surface area contributed by atoms with E-state index in [-0.39, 0.29) is 6.02 Å². The van der Waals surface area contributed by atoms with E-state index in [9.17, 15) is 0 Å². The summed E-state index contributed by atoms with van der Waals surface area (Å²) < 4.78 is 10.4. The van der Waals surface area contributed by atoms with Crippen molar-refractivity contribution < 1.29 is 9.47 Å². The molecule has 80 valence electrons. The van der Waals surface area contributed by atoms with Crippen LogP contribution in [0.2, 0.25) is 0 Å². The first-order valence-corrected chi connectivity index (χ1v) is 4.79. The molecule has 1 aromatic carbocycles. The summed E-state index contributed by atoms with van der Waals surface area (Å²) >= 11 is 0. The van der Waals surface area contributed by atoms with Gasteiger partial charge in [0.1, 0.15) is 12.1 Å². The zero-order valence-electron chi connectivity index (χ0n) is 8.64. The third-order valence-electron chi connectivity index (χ3n) is 2.48. The number of ether oxygens (including phenoxy) is 2. The summed E-state index contributed by atoms with van der Waals surface area (Å²) in [7, 11) is 1.65. The quantitative estimate of drug-likeness (QED) is 0.798. The first-order chi connectivity index (χ1) is 7.27. The maximum atomic E-state index is 5.55. The van der Waals surface area contributed by atoms with E-state index in [1.54, 1.807) is 7.11 Å². The van der Waals surface area contributed by atoms with Gasteiger partial charge in [-0.05, 0) is 5.56 Å². The molecule has 1 aliphatic rings. The van der Waals surface area contributed by atoms with Gasteiger partial charge < -0.3 is 15.2 Å². The van der Waals surface area contributed by atoms with Crippen molar-refractivity contribution in [3.63, 3.8) is 0 Å². The molecular formula is C11H14N2O2. The number of nitrogens with two attached hydrogens (primary N) is 1. The second-order valence-electron chi connectivity index (χ2n) is 3.57. The van der Waals surface area contributed by atoms with Gasteiger partial charge in [-0.2, -0.15) is 0 Å². The van der Waals surface area contributed by atoms with Crippen LogP contribution in [0.3, 0.4) is 0 Å². The van der Waals surface area contributed by atoms with Crippen LogP contribution in [0.25, 0.3) is 0 Å². The van der Waals surface area contributed by atoms with Crippen LogP contribution in [-0.4, -0.2) is 26.3 Å². The number of rotatable bonds is 3. The summed E-state index contributed by atoms with van der Waals surface area (Å²) in [5.74, 6) is 0. The Hall–Kier alpha value is -1.55. The Morgan fingerprint density at radius 3 is 2.73 bits per heavy atom. The van der Waals surface area contributed by atoms with Gasteiger partial charge in [0.15, 0.2) is 0 Å². The molecule has 0 saturated carbocycles. The van der Waals surface area contributed by atoms with Gasteiger partial charge in [0.05, 0.1) is 6.61 Å². The van der Waals surface area contributed by atoms with Crippen molar-refractivity contribution in [2.24, 2.45) is 10.7 Å². The van der Waals surface area contributed by atoms with Crippen molar-refractivity contribution in [1.82, 2.24) is 0 Å². The van der Waals surface area contributed by atoms with Gasteiger partial charge >= 0.3 is 0 Å². The third-order valence-corrected chi connectivity index (χ3v) is 2.48. The Morgan fingerprint density at radius 1 is 1.47 bits per heavy atom. The van der Waals surface area contributed by atoms with Gasteiger partial charge in [0.25, 0.3) is 6.02 Å². The molecule has 0 saturated heterocycles. The molecule has 15 heavy (non-hydrogen) atoms. The van der Waals surface area contributed by atoms with E-state index >= 15 is 0 Å². The summed E-state index contributed by atoms with van der Waals surface area (Å²) in [6.45, 7) is 0.911. The lowest BCUT2D eigenvalue weighted by atomic mass is 9.93. The molecule has 2 N–H and O–H groups in total. The van der Waals surface area contributed by atoms with Crippen LogP contribution < -0.4 is 5.73 Å². The molecule has 1 atom stereocenters. The number of methoxy groups -OCH3 is 1. The summed E-state index contributed by atoms with van der Waals surface area (Å²) in [4.78, 5) is 4.33. The van der Waals surface area contributed by atoms with Crippen molar-refractivity contribution in [3.05, 3.63) is 35.9 Å². The fourth-order valence-corrected chi connectivity index (χ4v) is 1.76. The van der Waals surface area contributed by atoms with Gasteiger partial charge in [0.2, 0.25) is 0 Å². The molecule has 0 aliphatic carbocycles. The standard InChI is InChI=1S/C11H14N2O2/c1-14-7-11(8-15-10(12)13-11)9-5-3-2-4-6-9/h2-6H,7-8H2,1H3,(H2,12,13). The van der Waals surface area contributed by atoms with Crippen LogP contribution in [0.4, 0.5) is 0 Å². The lowest BCUT2D eigenvalue weighted by Crippen LogP contribution is -2.30. The molecule has 0 amide bonds. The van der Waals surface area contributed by atoms with E-state index in [0.717, 1.165) is 5.56 Å². The van der Waals surface area contributed by atoms with Gasteiger partial charge in [-0.15, -0.1) is 0 Å². The molecule has 0 bridgehead atoms. The topological polar surface area (TPSA) is 56.8 Å². The molecule has 4 nitrogen and oxygen atoms in total. The van der Waals surface area contributed by atoms with E-state index in [1.165, 1.54) is 0 Å². The molecule has 0 fully saturated rings.